The molecule has 26 nitrogen and oxygen atoms in total. The number of sulfonamides is 1. The average Bonchev–Trinajstić information content (AvgIpc) is 0.840. The van der Waals surface area contributed by atoms with Gasteiger partial charge in [0.25, 0.3) is 10.1 Å². The molecule has 1 saturated heterocycles. The number of unbranched alkanes of at least 4 members (excludes halogenated alkanes) is 1. The minimum Gasteiger partial charge on any atom is -0.494 e. The molecular weight excluding hydrogens is 1260 g/mol. The predicted octanol–water partition coefficient (Wildman–Crippen LogP) is 5.19. The number of carbonyl (C=O) groups is 8. The number of ether oxygens (including phenoxy) is 5. The molecule has 0 radical (unpaired) electrons. The summed E-state index contributed by atoms with van der Waals surface area (Å²) in [6.07, 6.45) is 5.92. The maximum absolute atomic E-state index is 14.0. The second-order valence-electron chi connectivity index (χ2n) is 28.3. The van der Waals surface area contributed by atoms with Crippen LogP contribution in [0.3, 0.4) is 0 Å². The largest absolute Gasteiger partial charge is 0.494 e. The van der Waals surface area contributed by atoms with Gasteiger partial charge in [-0.2, -0.15) is 13.1 Å². The van der Waals surface area contributed by atoms with Crippen LogP contribution in [0.2, 0.25) is 0 Å². The molecule has 0 spiro atoms. The Morgan fingerprint density at radius 3 is 1.70 bits per heavy atom. The second-order valence-corrected chi connectivity index (χ2v) is 31.5. The predicted molar refractivity (Wildman–Crippen MR) is 353 cm³/mol. The molecule has 1 aliphatic carbocycles. The van der Waals surface area contributed by atoms with Crippen LogP contribution in [0.4, 0.5) is 0 Å². The number of Topliss-reactive ketones (excluding diaryl/α,β-unsaturated/α-hetero) is 1. The molecule has 1 aromatic heterocycles. The van der Waals surface area contributed by atoms with Crippen LogP contribution >= 0.6 is 0 Å². The highest BCUT2D eigenvalue weighted by Crippen LogP contribution is 2.27. The molecule has 94 heavy (non-hydrogen) atoms. The van der Waals surface area contributed by atoms with Gasteiger partial charge in [0.05, 0.1) is 24.6 Å². The number of nitrogens with zero attached hydrogens (tertiary/aromatic N) is 4. The van der Waals surface area contributed by atoms with E-state index in [-0.39, 0.29) is 115 Å². The Bertz CT molecular complexity index is 3090. The number of pyridine rings is 1. The Morgan fingerprint density at radius 1 is 0.606 bits per heavy atom. The zero-order valence-electron chi connectivity index (χ0n) is 57.9. The third-order valence-electron chi connectivity index (χ3n) is 14.8. The van der Waals surface area contributed by atoms with Crippen LogP contribution in [0, 0.1) is 13.8 Å². The molecule has 0 bridgehead atoms. The fraction of sp³-hybridized carbons (Fsp3) is 0.712. The number of hydrogen-bond acceptors (Lipinski definition) is 21. The van der Waals surface area contributed by atoms with Crippen LogP contribution in [0.15, 0.2) is 29.2 Å². The van der Waals surface area contributed by atoms with Gasteiger partial charge in [0.2, 0.25) is 27.7 Å². The lowest BCUT2D eigenvalue weighted by Crippen LogP contribution is -2.50. The second kappa shape index (κ2) is 36.3. The zero-order chi connectivity index (χ0) is 70.4. The van der Waals surface area contributed by atoms with Crippen molar-refractivity contribution in [3.8, 4) is 5.75 Å². The Morgan fingerprint density at radius 2 is 1.14 bits per heavy atom. The number of rotatable bonds is 33. The van der Waals surface area contributed by atoms with Crippen molar-refractivity contribution in [2.45, 2.75) is 232 Å². The van der Waals surface area contributed by atoms with Crippen molar-refractivity contribution >= 4 is 67.5 Å². The first-order chi connectivity index (χ1) is 43.5. The zero-order valence-corrected chi connectivity index (χ0v) is 59.6. The van der Waals surface area contributed by atoms with E-state index in [1.165, 1.54) is 24.1 Å². The fourth-order valence-corrected chi connectivity index (χ4v) is 13.1. The summed E-state index contributed by atoms with van der Waals surface area (Å²) >= 11 is 0. The molecule has 2 aliphatic rings. The van der Waals surface area contributed by atoms with Crippen molar-refractivity contribution < 1.29 is 83.4 Å². The number of nitrogens with one attached hydrogen (secondary N) is 4. The van der Waals surface area contributed by atoms with Gasteiger partial charge in [0, 0.05) is 89.4 Å². The van der Waals surface area contributed by atoms with Crippen molar-refractivity contribution in [2.24, 2.45) is 0 Å². The van der Waals surface area contributed by atoms with Gasteiger partial charge in [-0.3, -0.25) is 62.6 Å². The summed E-state index contributed by atoms with van der Waals surface area (Å²) in [7, 11) is -9.19. The smallest absolute Gasteiger partial charge is 0.326 e. The van der Waals surface area contributed by atoms with E-state index >= 15 is 0 Å². The Kier molecular flexibility index (Phi) is 31.0. The minimum absolute atomic E-state index is 0.00462. The lowest BCUT2D eigenvalue weighted by atomic mass is 9.95. The molecule has 3 atom stereocenters. The van der Waals surface area contributed by atoms with Crippen molar-refractivity contribution in [2.75, 3.05) is 77.8 Å². The number of aryl methyl sites for hydroxylation is 5. The Labute approximate surface area is 556 Å². The van der Waals surface area contributed by atoms with E-state index in [9.17, 15) is 59.7 Å². The maximum Gasteiger partial charge on any atom is 0.326 e. The molecule has 1 fully saturated rings. The van der Waals surface area contributed by atoms with Crippen molar-refractivity contribution in [1.29, 1.82) is 0 Å². The number of amides is 3. The van der Waals surface area contributed by atoms with Crippen LogP contribution < -0.4 is 25.4 Å². The molecule has 2 aromatic rings. The van der Waals surface area contributed by atoms with Crippen molar-refractivity contribution in [3.05, 3.63) is 52.3 Å². The quantitative estimate of drug-likeness (QED) is 0.0266. The maximum atomic E-state index is 14.0. The van der Waals surface area contributed by atoms with Crippen LogP contribution in [0.25, 0.3) is 0 Å². The van der Waals surface area contributed by atoms with E-state index in [2.05, 4.69) is 26.7 Å². The van der Waals surface area contributed by atoms with Gasteiger partial charge in [-0.05, 0) is 196 Å². The molecule has 0 saturated carbocycles. The van der Waals surface area contributed by atoms with E-state index in [1.807, 2.05) is 15.9 Å². The Balaban J connectivity index is 1.30. The number of benzene rings is 1. The van der Waals surface area contributed by atoms with Gasteiger partial charge in [0.15, 0.2) is 5.78 Å². The lowest BCUT2D eigenvalue weighted by molar-refractivity contribution is -0.163. The third kappa shape index (κ3) is 31.6. The fourth-order valence-electron chi connectivity index (χ4n) is 10.7. The highest BCUT2D eigenvalue weighted by Gasteiger charge is 2.36. The van der Waals surface area contributed by atoms with Crippen molar-refractivity contribution in [3.63, 3.8) is 0 Å². The number of fused-ring (bicyclic) bond motifs is 1. The minimum atomic E-state index is -4.81. The summed E-state index contributed by atoms with van der Waals surface area (Å²) in [4.78, 5) is 117. The number of aromatic nitrogens is 1. The molecule has 4 rings (SSSR count). The number of hydrogen-bond donors (Lipinski definition) is 5. The first-order valence-electron chi connectivity index (χ1n) is 32.7. The molecule has 530 valence electrons. The van der Waals surface area contributed by atoms with E-state index < -0.39 is 108 Å². The monoisotopic (exact) mass is 1360 g/mol. The van der Waals surface area contributed by atoms with Gasteiger partial charge >= 0.3 is 23.9 Å². The number of carbonyl (C=O) groups excluding carboxylic acids is 8. The van der Waals surface area contributed by atoms with E-state index in [0.29, 0.717) is 36.4 Å². The van der Waals surface area contributed by atoms with E-state index in [4.69, 9.17) is 28.7 Å². The van der Waals surface area contributed by atoms with E-state index in [1.54, 1.807) is 102 Å². The van der Waals surface area contributed by atoms with Gasteiger partial charge in [-0.1, -0.05) is 6.07 Å². The van der Waals surface area contributed by atoms with Gasteiger partial charge in [0.1, 0.15) is 52.0 Å². The summed E-state index contributed by atoms with van der Waals surface area (Å²) in [6.45, 7) is 24.9. The molecular formula is C66H106N8O18S2. The summed E-state index contributed by atoms with van der Waals surface area (Å²) in [5, 5.41) is 7.81. The van der Waals surface area contributed by atoms with Crippen LogP contribution in [0.5, 0.6) is 5.75 Å². The molecule has 28 heteroatoms. The average molecular weight is 1360 g/mol. The SMILES string of the molecule is Cc1cc(OCCCC(=O)NCCCC(=O)[C@H](CS(=O)(=O)O)NC(=O)CCC(C(=O)OC(C)(C)C)N2CCN(CC(=O)OC(C)(C)C)CCN(CC(=O)OC(C)(C)C)CC2)cc(C)c1S(=O)(=O)N[C@@H](CNC(=O)CCCCc1ccc2c(n1)CCCC2)C(=O)OC(C)(C)C. The summed E-state index contributed by atoms with van der Waals surface area (Å²) in [6, 6.07) is 3.01. The molecule has 1 unspecified atom stereocenters. The summed E-state index contributed by atoms with van der Waals surface area (Å²) < 4.78 is 93.1. The van der Waals surface area contributed by atoms with Crippen molar-refractivity contribution in [1.82, 2.24) is 40.4 Å². The number of ketones is 1. The highest BCUT2D eigenvalue weighted by atomic mass is 32.2. The Hall–Kier alpha value is -6.17. The normalized spacial score (nSPS) is 15.9. The van der Waals surface area contributed by atoms with Crippen LogP contribution in [-0.2, 0) is 96.7 Å². The van der Waals surface area contributed by atoms with Crippen LogP contribution in [0.1, 0.15) is 182 Å². The summed E-state index contributed by atoms with van der Waals surface area (Å²) in [5.41, 5.74) is 0.646. The van der Waals surface area contributed by atoms with Gasteiger partial charge in [-0.15, -0.1) is 0 Å². The lowest BCUT2D eigenvalue weighted by Gasteiger charge is -2.34. The molecule has 1 aliphatic heterocycles. The first-order valence-corrected chi connectivity index (χ1v) is 35.8. The molecule has 1 aromatic carbocycles. The molecule has 3 amide bonds. The van der Waals surface area contributed by atoms with Gasteiger partial charge < -0.3 is 39.6 Å². The van der Waals surface area contributed by atoms with Gasteiger partial charge in [-0.25, -0.2) is 8.42 Å². The summed E-state index contributed by atoms with van der Waals surface area (Å²) in [5.74, 6) is -5.56. The number of esters is 4. The molecule has 2 heterocycles. The van der Waals surface area contributed by atoms with E-state index in [0.717, 1.165) is 43.5 Å². The van der Waals surface area contributed by atoms with Crippen LogP contribution in [-0.4, -0.2) is 207 Å². The standard InChI is InChI=1S/C66H106N8O18S2/c1-45-39-49(40-46(2)60(45)94(86,87)71-51(61(81)91-65(9,10)11)41-68-56(77)25-18-16-22-48-28-27-47-21-15-17-23-50(47)69-48)88-38-20-26-55(76)67-31-19-24-54(75)52(44-93(83,84)85)70-57(78)30-29-53(62(82)92-66(12,13)14)74-36-34-72(42-58(79)89-63(3,4)5)32-33-73(35-37-74)43-59(80)90-64(6,7)8/h27-28,39-40,51-53,71H,15-26,29-38,41-44H2,1-14H3,(H,67,76)(H,68,77)(H,70,78)(H,83,84,85)/t51-,52-,53?/m0/s1. The molecule has 5 N–H and O–H groups in total. The first kappa shape index (κ1) is 80.3. The third-order valence-corrected chi connectivity index (χ3v) is 17.3. The highest BCUT2D eigenvalue weighted by molar-refractivity contribution is 7.89. The topological polar surface area (TPSA) is 342 Å².